The number of nitrogens with zero attached hydrogens (tertiary/aromatic N) is 2. The van der Waals surface area contributed by atoms with Gasteiger partial charge in [0.1, 0.15) is 10.6 Å². The molecule has 0 radical (unpaired) electrons. The summed E-state index contributed by atoms with van der Waals surface area (Å²) in [6.07, 6.45) is 2.09. The fourth-order valence-corrected chi connectivity index (χ4v) is 3.47. The number of rotatable bonds is 2. The van der Waals surface area contributed by atoms with E-state index in [2.05, 4.69) is 4.98 Å². The molecule has 0 N–H and O–H groups in total. The normalized spacial score (nSPS) is 20.4. The van der Waals surface area contributed by atoms with E-state index in [1.807, 2.05) is 33.8 Å². The van der Waals surface area contributed by atoms with Crippen molar-refractivity contribution in [1.82, 2.24) is 9.88 Å². The zero-order valence-corrected chi connectivity index (χ0v) is 13.8. The van der Waals surface area contributed by atoms with Crippen molar-refractivity contribution < 1.29 is 13.7 Å². The third-order valence-corrected chi connectivity index (χ3v) is 4.83. The van der Waals surface area contributed by atoms with Crippen molar-refractivity contribution in [2.45, 2.75) is 50.0 Å². The predicted octanol–water partition coefficient (Wildman–Crippen LogP) is 2.51. The second kappa shape index (κ2) is 6.13. The molecule has 0 aromatic carbocycles. The lowest BCUT2D eigenvalue weighted by molar-refractivity contribution is 0.0295. The Balaban J connectivity index is 1.97. The standard InChI is InChI=1S/C15H22N2O3S/c1-11-5-6-13(16-9-11)21(19)12-7-8-17(10-12)14(18)20-15(2,3)4/h5-6,9,12H,7-8,10H2,1-4H3/t12-,21-/m1/s1. The van der Waals surface area contributed by atoms with E-state index in [1.165, 1.54) is 0 Å². The second-order valence-corrected chi connectivity index (χ2v) is 7.99. The lowest BCUT2D eigenvalue weighted by Gasteiger charge is -2.24. The number of pyridine rings is 1. The van der Waals surface area contributed by atoms with E-state index in [0.717, 1.165) is 5.56 Å². The Bertz CT molecular complexity index is 537. The molecule has 0 bridgehead atoms. The van der Waals surface area contributed by atoms with Crippen LogP contribution in [0.25, 0.3) is 0 Å². The molecule has 5 nitrogen and oxygen atoms in total. The average molecular weight is 310 g/mol. The summed E-state index contributed by atoms with van der Waals surface area (Å²) in [5.41, 5.74) is 0.532. The molecular formula is C15H22N2O3S. The van der Waals surface area contributed by atoms with Gasteiger partial charge < -0.3 is 9.64 Å². The Morgan fingerprint density at radius 2 is 2.14 bits per heavy atom. The lowest BCUT2D eigenvalue weighted by atomic mass is 10.2. The molecule has 1 saturated heterocycles. The van der Waals surface area contributed by atoms with Crippen LogP contribution < -0.4 is 0 Å². The molecule has 2 atom stereocenters. The van der Waals surface area contributed by atoms with Crippen LogP contribution in [-0.4, -0.2) is 44.1 Å². The number of hydrogen-bond donors (Lipinski definition) is 0. The van der Waals surface area contributed by atoms with Gasteiger partial charge in [0.05, 0.1) is 16.0 Å². The maximum atomic E-state index is 12.5. The van der Waals surface area contributed by atoms with Gasteiger partial charge in [0.2, 0.25) is 0 Å². The van der Waals surface area contributed by atoms with Gasteiger partial charge in [0.15, 0.2) is 0 Å². The SMILES string of the molecule is Cc1ccc([S@](=O)[C@@H]2CCN(C(=O)OC(C)(C)C)C2)nc1. The van der Waals surface area contributed by atoms with Crippen LogP contribution in [0.5, 0.6) is 0 Å². The quantitative estimate of drug-likeness (QED) is 0.842. The molecule has 2 heterocycles. The Hall–Kier alpha value is -1.43. The van der Waals surface area contributed by atoms with E-state index < -0.39 is 16.4 Å². The smallest absolute Gasteiger partial charge is 0.410 e. The molecule has 21 heavy (non-hydrogen) atoms. The van der Waals surface area contributed by atoms with Crippen LogP contribution in [0.4, 0.5) is 4.79 Å². The summed E-state index contributed by atoms with van der Waals surface area (Å²) in [4.78, 5) is 17.8. The van der Waals surface area contributed by atoms with Gasteiger partial charge in [-0.25, -0.2) is 9.78 Å². The second-order valence-electron chi connectivity index (χ2n) is 6.31. The first-order valence-electron chi connectivity index (χ1n) is 7.07. The number of aromatic nitrogens is 1. The van der Waals surface area contributed by atoms with E-state index >= 15 is 0 Å². The number of amides is 1. The van der Waals surface area contributed by atoms with Gasteiger partial charge in [-0.2, -0.15) is 0 Å². The number of carbonyl (C=O) groups is 1. The number of likely N-dealkylation sites (tertiary alicyclic amines) is 1. The topological polar surface area (TPSA) is 59.5 Å². The van der Waals surface area contributed by atoms with E-state index in [-0.39, 0.29) is 11.3 Å². The molecule has 1 aliphatic rings. The Kier molecular flexibility index (Phi) is 4.66. The highest BCUT2D eigenvalue weighted by molar-refractivity contribution is 7.85. The molecule has 1 aliphatic heterocycles. The molecule has 1 amide bonds. The van der Waals surface area contributed by atoms with Crippen LogP contribution in [0.3, 0.4) is 0 Å². The molecule has 1 aromatic heterocycles. The first kappa shape index (κ1) is 15.9. The summed E-state index contributed by atoms with van der Waals surface area (Å²) in [6.45, 7) is 8.50. The van der Waals surface area contributed by atoms with E-state index in [4.69, 9.17) is 4.74 Å². The highest BCUT2D eigenvalue weighted by Gasteiger charge is 2.33. The summed E-state index contributed by atoms with van der Waals surface area (Å²) < 4.78 is 17.8. The summed E-state index contributed by atoms with van der Waals surface area (Å²) in [7, 11) is -1.19. The molecular weight excluding hydrogens is 288 g/mol. The minimum Gasteiger partial charge on any atom is -0.444 e. The zero-order chi connectivity index (χ0) is 15.6. The van der Waals surface area contributed by atoms with Crippen molar-refractivity contribution in [3.8, 4) is 0 Å². The highest BCUT2D eigenvalue weighted by atomic mass is 32.2. The van der Waals surface area contributed by atoms with Crippen molar-refractivity contribution in [3.05, 3.63) is 23.9 Å². The van der Waals surface area contributed by atoms with Gasteiger partial charge in [-0.3, -0.25) is 4.21 Å². The summed E-state index contributed by atoms with van der Waals surface area (Å²) >= 11 is 0. The van der Waals surface area contributed by atoms with E-state index in [9.17, 15) is 9.00 Å². The minimum absolute atomic E-state index is 0.0762. The fraction of sp³-hybridized carbons (Fsp3) is 0.600. The number of hydrogen-bond acceptors (Lipinski definition) is 4. The van der Waals surface area contributed by atoms with Gasteiger partial charge in [-0.15, -0.1) is 0 Å². The fourth-order valence-electron chi connectivity index (χ4n) is 2.14. The van der Waals surface area contributed by atoms with Gasteiger partial charge in [-0.1, -0.05) is 6.07 Å². The Morgan fingerprint density at radius 1 is 1.43 bits per heavy atom. The van der Waals surface area contributed by atoms with Gasteiger partial charge in [0.25, 0.3) is 0 Å². The van der Waals surface area contributed by atoms with Gasteiger partial charge in [-0.05, 0) is 45.7 Å². The van der Waals surface area contributed by atoms with Crippen LogP contribution in [-0.2, 0) is 15.5 Å². The van der Waals surface area contributed by atoms with Crippen molar-refractivity contribution in [1.29, 1.82) is 0 Å². The van der Waals surface area contributed by atoms with E-state index in [1.54, 1.807) is 17.2 Å². The third-order valence-electron chi connectivity index (χ3n) is 3.19. The lowest BCUT2D eigenvalue weighted by Crippen LogP contribution is -2.36. The van der Waals surface area contributed by atoms with Gasteiger partial charge >= 0.3 is 6.09 Å². The first-order chi connectivity index (χ1) is 9.76. The molecule has 2 rings (SSSR count). The van der Waals surface area contributed by atoms with Crippen LogP contribution in [0.2, 0.25) is 0 Å². The molecule has 0 spiro atoms. The first-order valence-corrected chi connectivity index (χ1v) is 8.29. The van der Waals surface area contributed by atoms with Crippen molar-refractivity contribution in [2.75, 3.05) is 13.1 Å². The number of ether oxygens (including phenoxy) is 1. The zero-order valence-electron chi connectivity index (χ0n) is 13.0. The number of aryl methyl sites for hydroxylation is 1. The van der Waals surface area contributed by atoms with Crippen molar-refractivity contribution >= 4 is 16.9 Å². The third kappa shape index (κ3) is 4.27. The maximum Gasteiger partial charge on any atom is 0.410 e. The van der Waals surface area contributed by atoms with Crippen LogP contribution >= 0.6 is 0 Å². The van der Waals surface area contributed by atoms with Crippen LogP contribution in [0.15, 0.2) is 23.4 Å². The van der Waals surface area contributed by atoms with Crippen LogP contribution in [0.1, 0.15) is 32.8 Å². The summed E-state index contributed by atoms with van der Waals surface area (Å²) in [5.74, 6) is 0. The van der Waals surface area contributed by atoms with Crippen molar-refractivity contribution in [2.24, 2.45) is 0 Å². The monoisotopic (exact) mass is 310 g/mol. The molecule has 0 aliphatic carbocycles. The molecule has 116 valence electrons. The van der Waals surface area contributed by atoms with Crippen molar-refractivity contribution in [3.63, 3.8) is 0 Å². The minimum atomic E-state index is -1.19. The van der Waals surface area contributed by atoms with Crippen LogP contribution in [0, 0.1) is 6.92 Å². The van der Waals surface area contributed by atoms with Gasteiger partial charge in [0, 0.05) is 19.3 Å². The highest BCUT2D eigenvalue weighted by Crippen LogP contribution is 2.21. The predicted molar refractivity (Wildman–Crippen MR) is 81.6 cm³/mol. The molecule has 1 aromatic rings. The van der Waals surface area contributed by atoms with E-state index in [0.29, 0.717) is 24.5 Å². The Labute approximate surface area is 128 Å². The Morgan fingerprint density at radius 3 is 2.71 bits per heavy atom. The number of carbonyl (C=O) groups excluding carboxylic acids is 1. The molecule has 1 fully saturated rings. The molecule has 0 saturated carbocycles. The molecule has 0 unspecified atom stereocenters. The largest absolute Gasteiger partial charge is 0.444 e. The summed E-state index contributed by atoms with van der Waals surface area (Å²) in [5, 5.41) is 0.504. The summed E-state index contributed by atoms with van der Waals surface area (Å²) in [6, 6.07) is 3.70. The molecule has 6 heteroatoms. The average Bonchev–Trinajstić information content (AvgIpc) is 2.86. The maximum absolute atomic E-state index is 12.5.